The highest BCUT2D eigenvalue weighted by Crippen LogP contribution is 2.60. The molecule has 0 heterocycles. The van der Waals surface area contributed by atoms with E-state index in [1.807, 2.05) is 12.1 Å². The van der Waals surface area contributed by atoms with Gasteiger partial charge in [-0.3, -0.25) is 0 Å². The number of halogens is 1. The van der Waals surface area contributed by atoms with Crippen molar-refractivity contribution in [3.63, 3.8) is 0 Å². The van der Waals surface area contributed by atoms with Gasteiger partial charge in [-0.1, -0.05) is 23.7 Å². The Kier molecular flexibility index (Phi) is 2.89. The van der Waals surface area contributed by atoms with E-state index >= 15 is 0 Å². The summed E-state index contributed by atoms with van der Waals surface area (Å²) in [6.07, 6.45) is 8.41. The van der Waals surface area contributed by atoms with E-state index in [9.17, 15) is 0 Å². The van der Waals surface area contributed by atoms with E-state index in [1.165, 1.54) is 50.6 Å². The average Bonchev–Trinajstić information content (AvgIpc) is 3.31. The van der Waals surface area contributed by atoms with Gasteiger partial charge in [0.15, 0.2) is 0 Å². The normalized spacial score (nSPS) is 36.3. The van der Waals surface area contributed by atoms with Crippen molar-refractivity contribution >= 4 is 11.6 Å². The summed E-state index contributed by atoms with van der Waals surface area (Å²) in [4.78, 5) is 0. The van der Waals surface area contributed by atoms with Crippen LogP contribution in [0, 0.1) is 17.3 Å². The number of benzene rings is 1. The van der Waals surface area contributed by atoms with Crippen LogP contribution in [0.25, 0.3) is 0 Å². The first-order valence-corrected chi connectivity index (χ1v) is 8.08. The van der Waals surface area contributed by atoms with E-state index < -0.39 is 0 Å². The third-order valence-electron chi connectivity index (χ3n) is 5.29. The first-order valence-electron chi connectivity index (χ1n) is 7.70. The quantitative estimate of drug-likeness (QED) is 0.855. The van der Waals surface area contributed by atoms with Crippen LogP contribution in [0.3, 0.4) is 0 Å². The maximum absolute atomic E-state index is 5.99. The Morgan fingerprint density at radius 3 is 2.42 bits per heavy atom. The van der Waals surface area contributed by atoms with Gasteiger partial charge in [0.1, 0.15) is 0 Å². The van der Waals surface area contributed by atoms with Gasteiger partial charge < -0.3 is 5.32 Å². The minimum Gasteiger partial charge on any atom is -0.313 e. The van der Waals surface area contributed by atoms with E-state index in [1.54, 1.807) is 0 Å². The lowest BCUT2D eigenvalue weighted by Gasteiger charge is -2.32. The first-order chi connectivity index (χ1) is 9.22. The molecular weight excluding hydrogens is 254 g/mol. The molecule has 1 aromatic rings. The van der Waals surface area contributed by atoms with Crippen LogP contribution in [0.2, 0.25) is 5.02 Å². The maximum Gasteiger partial charge on any atom is 0.0406 e. The van der Waals surface area contributed by atoms with Gasteiger partial charge >= 0.3 is 0 Å². The van der Waals surface area contributed by atoms with Crippen molar-refractivity contribution in [3.05, 3.63) is 34.9 Å². The molecule has 3 saturated carbocycles. The fourth-order valence-corrected chi connectivity index (χ4v) is 4.17. The zero-order chi connectivity index (χ0) is 12.9. The molecule has 3 aliphatic rings. The molecule has 0 aliphatic heterocycles. The van der Waals surface area contributed by atoms with Gasteiger partial charge in [0, 0.05) is 17.6 Å². The number of nitrogens with one attached hydrogen (secondary N) is 1. The number of hydrogen-bond acceptors (Lipinski definition) is 1. The molecule has 0 radical (unpaired) electrons. The Morgan fingerprint density at radius 1 is 1.11 bits per heavy atom. The molecule has 3 aliphatic carbocycles. The van der Waals surface area contributed by atoms with Gasteiger partial charge in [0.05, 0.1) is 0 Å². The summed E-state index contributed by atoms with van der Waals surface area (Å²) in [5, 5.41) is 4.64. The summed E-state index contributed by atoms with van der Waals surface area (Å²) < 4.78 is 0. The molecule has 1 N–H and O–H groups in total. The Labute approximate surface area is 120 Å². The molecule has 0 bridgehead atoms. The van der Waals surface area contributed by atoms with Crippen LogP contribution in [0.4, 0.5) is 0 Å². The molecular formula is C17H22ClN. The molecule has 4 rings (SSSR count). The second kappa shape index (κ2) is 4.49. The predicted molar refractivity (Wildman–Crippen MR) is 79.4 cm³/mol. The number of fused-ring (bicyclic) bond motifs is 1. The van der Waals surface area contributed by atoms with Crippen LogP contribution >= 0.6 is 11.6 Å². The van der Waals surface area contributed by atoms with Gasteiger partial charge in [0.2, 0.25) is 0 Å². The van der Waals surface area contributed by atoms with Crippen LogP contribution < -0.4 is 5.32 Å². The number of rotatable bonds is 5. The largest absolute Gasteiger partial charge is 0.313 e. The molecule has 1 aromatic carbocycles. The van der Waals surface area contributed by atoms with Crippen molar-refractivity contribution in [1.82, 2.24) is 5.32 Å². The molecule has 2 heteroatoms. The van der Waals surface area contributed by atoms with Crippen molar-refractivity contribution in [3.8, 4) is 0 Å². The third-order valence-corrected chi connectivity index (χ3v) is 5.55. The van der Waals surface area contributed by atoms with E-state index in [0.29, 0.717) is 5.41 Å². The Balaban J connectivity index is 1.47. The highest BCUT2D eigenvalue weighted by atomic mass is 35.5. The highest BCUT2D eigenvalue weighted by molar-refractivity contribution is 6.30. The SMILES string of the molecule is Clc1ccc(CC2(CNC3CC3)CC3CC3C2)cc1. The lowest BCUT2D eigenvalue weighted by molar-refractivity contribution is 0.247. The predicted octanol–water partition coefficient (Wildman–Crippen LogP) is 4.05. The van der Waals surface area contributed by atoms with Gasteiger partial charge in [-0.15, -0.1) is 0 Å². The minimum atomic E-state index is 0.532. The van der Waals surface area contributed by atoms with Crippen LogP contribution in [0.1, 0.15) is 37.7 Å². The second-order valence-electron chi connectivity index (χ2n) is 7.12. The zero-order valence-electron chi connectivity index (χ0n) is 11.4. The Hall–Kier alpha value is -0.530. The summed E-state index contributed by atoms with van der Waals surface area (Å²) in [7, 11) is 0. The van der Waals surface area contributed by atoms with Gasteiger partial charge in [-0.05, 0) is 73.5 Å². The zero-order valence-corrected chi connectivity index (χ0v) is 12.1. The molecule has 0 amide bonds. The second-order valence-corrected chi connectivity index (χ2v) is 7.56. The molecule has 1 nitrogen and oxygen atoms in total. The summed E-state index contributed by atoms with van der Waals surface area (Å²) in [5.41, 5.74) is 1.99. The topological polar surface area (TPSA) is 12.0 Å². The summed E-state index contributed by atoms with van der Waals surface area (Å²) in [5.74, 6) is 2.10. The third kappa shape index (κ3) is 2.68. The molecule has 19 heavy (non-hydrogen) atoms. The van der Waals surface area contributed by atoms with Crippen molar-refractivity contribution < 1.29 is 0 Å². The fraction of sp³-hybridized carbons (Fsp3) is 0.647. The van der Waals surface area contributed by atoms with E-state index in [2.05, 4.69) is 17.4 Å². The molecule has 2 atom stereocenters. The summed E-state index contributed by atoms with van der Waals surface area (Å²) >= 11 is 5.99. The summed E-state index contributed by atoms with van der Waals surface area (Å²) in [6.45, 7) is 1.23. The Bertz CT molecular complexity index is 453. The summed E-state index contributed by atoms with van der Waals surface area (Å²) in [6, 6.07) is 9.33. The van der Waals surface area contributed by atoms with Gasteiger partial charge in [-0.2, -0.15) is 0 Å². The standard InChI is InChI=1S/C17H22ClN/c18-15-3-1-12(2-4-15)8-17(11-19-16-5-6-16)9-13-7-14(13)10-17/h1-4,13-14,16,19H,5-11H2. The molecule has 102 valence electrons. The van der Waals surface area contributed by atoms with Crippen LogP contribution in [0.15, 0.2) is 24.3 Å². The molecule has 3 fully saturated rings. The monoisotopic (exact) mass is 275 g/mol. The van der Waals surface area contributed by atoms with Crippen LogP contribution in [0.5, 0.6) is 0 Å². The smallest absolute Gasteiger partial charge is 0.0406 e. The minimum absolute atomic E-state index is 0.532. The van der Waals surface area contributed by atoms with E-state index in [0.717, 1.165) is 22.9 Å². The van der Waals surface area contributed by atoms with Crippen molar-refractivity contribution in [2.45, 2.75) is 44.6 Å². The van der Waals surface area contributed by atoms with E-state index in [4.69, 9.17) is 11.6 Å². The lowest BCUT2D eigenvalue weighted by Crippen LogP contribution is -2.36. The van der Waals surface area contributed by atoms with Crippen molar-refractivity contribution in [1.29, 1.82) is 0 Å². The highest BCUT2D eigenvalue weighted by Gasteiger charge is 2.53. The van der Waals surface area contributed by atoms with Gasteiger partial charge in [-0.25, -0.2) is 0 Å². The number of hydrogen-bond donors (Lipinski definition) is 1. The molecule has 0 spiro atoms. The van der Waals surface area contributed by atoms with Gasteiger partial charge in [0.25, 0.3) is 0 Å². The molecule has 0 saturated heterocycles. The maximum atomic E-state index is 5.99. The lowest BCUT2D eigenvalue weighted by atomic mass is 9.77. The fourth-order valence-electron chi connectivity index (χ4n) is 4.04. The average molecular weight is 276 g/mol. The van der Waals surface area contributed by atoms with Crippen molar-refractivity contribution in [2.75, 3.05) is 6.54 Å². The molecule has 0 aromatic heterocycles. The van der Waals surface area contributed by atoms with E-state index in [-0.39, 0.29) is 0 Å². The van der Waals surface area contributed by atoms with Crippen LogP contribution in [-0.2, 0) is 6.42 Å². The Morgan fingerprint density at radius 2 is 1.79 bits per heavy atom. The first kappa shape index (κ1) is 12.2. The molecule has 2 unspecified atom stereocenters. The van der Waals surface area contributed by atoms with Crippen LogP contribution in [-0.4, -0.2) is 12.6 Å². The van der Waals surface area contributed by atoms with Crippen molar-refractivity contribution in [2.24, 2.45) is 17.3 Å².